The van der Waals surface area contributed by atoms with Crippen LogP contribution >= 0.6 is 46.4 Å². The Morgan fingerprint density at radius 3 is 2.67 bits per heavy atom. The van der Waals surface area contributed by atoms with Crippen molar-refractivity contribution in [1.82, 2.24) is 5.32 Å². The zero-order valence-corrected chi connectivity index (χ0v) is 15.4. The van der Waals surface area contributed by atoms with Crippen molar-refractivity contribution in [2.75, 3.05) is 5.32 Å². The van der Waals surface area contributed by atoms with E-state index in [1.165, 1.54) is 6.07 Å². The van der Waals surface area contributed by atoms with Gasteiger partial charge in [-0.05, 0) is 65.1 Å². The van der Waals surface area contributed by atoms with Gasteiger partial charge in [-0.3, -0.25) is 20.2 Å². The summed E-state index contributed by atoms with van der Waals surface area (Å²) in [5.41, 5.74) is -0.297. The number of benzene rings is 2. The van der Waals surface area contributed by atoms with Crippen molar-refractivity contribution in [3.8, 4) is 0 Å². The summed E-state index contributed by atoms with van der Waals surface area (Å²) in [5.74, 6) is -1.50. The first-order valence-corrected chi connectivity index (χ1v) is 8.15. The van der Waals surface area contributed by atoms with Crippen LogP contribution in [0, 0.1) is 19.5 Å². The fraction of sp³-hybridized carbons (Fsp3) is 0. The van der Waals surface area contributed by atoms with Gasteiger partial charge in [0.25, 0.3) is 5.91 Å². The maximum absolute atomic E-state index is 13.3. The molecule has 0 spiro atoms. The van der Waals surface area contributed by atoms with E-state index >= 15 is 0 Å². The third-order valence-electron chi connectivity index (χ3n) is 2.80. The molecule has 0 aliphatic heterocycles. The Morgan fingerprint density at radius 1 is 1.29 bits per heavy atom. The van der Waals surface area contributed by atoms with Gasteiger partial charge in [0.1, 0.15) is 0 Å². The normalized spacial score (nSPS) is 10.1. The highest BCUT2D eigenvalue weighted by Crippen LogP contribution is 2.22. The number of hydrogen-bond donors (Lipinski definition) is 2. The second-order valence-electron chi connectivity index (χ2n) is 4.46. The van der Waals surface area contributed by atoms with Crippen LogP contribution in [0.5, 0.6) is 0 Å². The highest BCUT2D eigenvalue weighted by molar-refractivity contribution is 14.1. The number of hydrogen-bond acceptors (Lipinski definition) is 4. The van der Waals surface area contributed by atoms with Gasteiger partial charge in [-0.2, -0.15) is 4.39 Å². The lowest BCUT2D eigenvalue weighted by molar-refractivity contribution is -0.387. The third kappa shape index (κ3) is 4.58. The molecule has 0 atom stereocenters. The van der Waals surface area contributed by atoms with E-state index in [-0.39, 0.29) is 21.4 Å². The van der Waals surface area contributed by atoms with Crippen molar-refractivity contribution in [2.24, 2.45) is 0 Å². The van der Waals surface area contributed by atoms with E-state index in [9.17, 15) is 19.3 Å². The van der Waals surface area contributed by atoms with Gasteiger partial charge in [-0.1, -0.05) is 11.6 Å². The van der Waals surface area contributed by atoms with Crippen LogP contribution in [0.25, 0.3) is 0 Å². The molecule has 0 unspecified atom stereocenters. The number of nitrogens with one attached hydrogen (secondary N) is 2. The second-order valence-corrected chi connectivity index (χ2v) is 6.52. The van der Waals surface area contributed by atoms with Crippen LogP contribution in [0.15, 0.2) is 36.4 Å². The van der Waals surface area contributed by atoms with Crippen LogP contribution in [0.4, 0.5) is 15.8 Å². The molecule has 6 nitrogen and oxygen atoms in total. The molecule has 0 saturated heterocycles. The summed E-state index contributed by atoms with van der Waals surface area (Å²) in [6.07, 6.45) is 0. The molecule has 1 amide bonds. The number of rotatable bonds is 3. The minimum atomic E-state index is -0.967. The monoisotopic (exact) mass is 479 g/mol. The average molecular weight is 480 g/mol. The number of nitrogens with zero attached hydrogens (tertiary/aromatic N) is 1. The lowest BCUT2D eigenvalue weighted by Crippen LogP contribution is -2.34. The maximum Gasteiger partial charge on any atom is 0.306 e. The SMILES string of the molecule is O=C(NC(=S)Nc1ccc(F)c([N+](=O)[O-])c1)c1cc(I)ccc1Cl. The molecule has 2 aromatic carbocycles. The lowest BCUT2D eigenvalue weighted by Gasteiger charge is -2.10. The Bertz CT molecular complexity index is 850. The number of nitro benzene ring substituents is 1. The molecule has 0 heterocycles. The molecule has 0 bridgehead atoms. The van der Waals surface area contributed by atoms with Gasteiger partial charge in [-0.25, -0.2) is 0 Å². The molecule has 2 aromatic rings. The van der Waals surface area contributed by atoms with Crippen molar-refractivity contribution in [2.45, 2.75) is 0 Å². The van der Waals surface area contributed by atoms with Gasteiger partial charge >= 0.3 is 5.69 Å². The molecule has 24 heavy (non-hydrogen) atoms. The number of amides is 1. The van der Waals surface area contributed by atoms with E-state index < -0.39 is 22.3 Å². The second kappa shape index (κ2) is 7.81. The Balaban J connectivity index is 2.11. The number of carbonyl (C=O) groups is 1. The highest BCUT2D eigenvalue weighted by atomic mass is 127. The van der Waals surface area contributed by atoms with Crippen LogP contribution in [-0.2, 0) is 0 Å². The zero-order chi connectivity index (χ0) is 17.9. The average Bonchev–Trinajstić information content (AvgIpc) is 2.51. The van der Waals surface area contributed by atoms with E-state index in [4.69, 9.17) is 23.8 Å². The third-order valence-corrected chi connectivity index (χ3v) is 4.01. The van der Waals surface area contributed by atoms with E-state index in [1.54, 1.807) is 18.2 Å². The smallest absolute Gasteiger partial charge is 0.306 e. The van der Waals surface area contributed by atoms with Crippen molar-refractivity contribution < 1.29 is 14.1 Å². The summed E-state index contributed by atoms with van der Waals surface area (Å²) in [6.45, 7) is 0. The van der Waals surface area contributed by atoms with Crippen molar-refractivity contribution in [1.29, 1.82) is 0 Å². The van der Waals surface area contributed by atoms with Gasteiger partial charge in [0.15, 0.2) is 5.11 Å². The maximum atomic E-state index is 13.3. The van der Waals surface area contributed by atoms with Gasteiger partial charge in [-0.15, -0.1) is 0 Å². The summed E-state index contributed by atoms with van der Waals surface area (Å²) in [5, 5.41) is 15.9. The molecule has 0 aromatic heterocycles. The number of nitro groups is 1. The molecular weight excluding hydrogens is 472 g/mol. The summed E-state index contributed by atoms with van der Waals surface area (Å²) in [7, 11) is 0. The van der Waals surface area contributed by atoms with Gasteiger partial charge < -0.3 is 5.32 Å². The summed E-state index contributed by atoms with van der Waals surface area (Å²) < 4.78 is 14.1. The van der Waals surface area contributed by atoms with Crippen molar-refractivity contribution in [3.05, 3.63) is 66.5 Å². The fourth-order valence-corrected chi connectivity index (χ4v) is 2.64. The number of thiocarbonyl (C=S) groups is 1. The predicted octanol–water partition coefficient (Wildman–Crippen LogP) is 4.12. The first-order chi connectivity index (χ1) is 11.3. The summed E-state index contributed by atoms with van der Waals surface area (Å²) >= 11 is 13.0. The number of carbonyl (C=O) groups excluding carboxylic acids is 1. The van der Waals surface area contributed by atoms with E-state index in [1.807, 2.05) is 22.6 Å². The standard InChI is InChI=1S/C14H8ClFIN3O3S/c15-10-3-1-7(17)5-9(10)13(21)19-14(24)18-8-2-4-11(16)12(6-8)20(22)23/h1-6H,(H2,18,19,21,24). The van der Waals surface area contributed by atoms with E-state index in [2.05, 4.69) is 10.6 Å². The topological polar surface area (TPSA) is 84.3 Å². The Kier molecular flexibility index (Phi) is 6.02. The van der Waals surface area contributed by atoms with Gasteiger partial charge in [0, 0.05) is 15.3 Å². The minimum Gasteiger partial charge on any atom is -0.332 e. The molecule has 0 fully saturated rings. The molecule has 0 aliphatic rings. The molecule has 0 aliphatic carbocycles. The Labute approximate surface area is 159 Å². The highest BCUT2D eigenvalue weighted by Gasteiger charge is 2.16. The van der Waals surface area contributed by atoms with Crippen LogP contribution in [0.3, 0.4) is 0 Å². The van der Waals surface area contributed by atoms with Gasteiger partial charge in [0.2, 0.25) is 5.82 Å². The molecule has 124 valence electrons. The quantitative estimate of drug-likeness (QED) is 0.299. The van der Waals surface area contributed by atoms with Crippen LogP contribution in [0.2, 0.25) is 5.02 Å². The molecule has 2 N–H and O–H groups in total. The predicted molar refractivity (Wildman–Crippen MR) is 101 cm³/mol. The zero-order valence-electron chi connectivity index (χ0n) is 11.7. The van der Waals surface area contributed by atoms with Crippen molar-refractivity contribution in [3.63, 3.8) is 0 Å². The van der Waals surface area contributed by atoms with Crippen LogP contribution in [0.1, 0.15) is 10.4 Å². The number of halogens is 3. The first-order valence-electron chi connectivity index (χ1n) is 6.29. The Morgan fingerprint density at radius 2 is 2.00 bits per heavy atom. The lowest BCUT2D eigenvalue weighted by atomic mass is 10.2. The first kappa shape index (κ1) is 18.5. The van der Waals surface area contributed by atoms with Crippen molar-refractivity contribution >= 4 is 68.8 Å². The summed E-state index contributed by atoms with van der Waals surface area (Å²) in [6, 6.07) is 8.09. The Hall–Kier alpha value is -1.85. The number of anilines is 1. The van der Waals surface area contributed by atoms with Crippen LogP contribution in [-0.4, -0.2) is 15.9 Å². The molecule has 0 saturated carbocycles. The largest absolute Gasteiger partial charge is 0.332 e. The summed E-state index contributed by atoms with van der Waals surface area (Å²) in [4.78, 5) is 22.0. The molecular formula is C14H8ClFIN3O3S. The van der Waals surface area contributed by atoms with E-state index in [0.29, 0.717) is 0 Å². The van der Waals surface area contributed by atoms with Gasteiger partial charge in [0.05, 0.1) is 15.5 Å². The minimum absolute atomic E-state index is 0.101. The van der Waals surface area contributed by atoms with Crippen LogP contribution < -0.4 is 10.6 Å². The molecule has 10 heteroatoms. The molecule has 0 radical (unpaired) electrons. The van der Waals surface area contributed by atoms with E-state index in [0.717, 1.165) is 15.7 Å². The molecule has 2 rings (SSSR count). The fourth-order valence-electron chi connectivity index (χ4n) is 1.73.